The summed E-state index contributed by atoms with van der Waals surface area (Å²) in [7, 11) is 0. The molecule has 1 N–H and O–H groups in total. The number of likely N-dealkylation sites (tertiary alicyclic amines) is 1. The summed E-state index contributed by atoms with van der Waals surface area (Å²) >= 11 is 0. The maximum Gasteiger partial charge on any atom is 0.307 e. The first-order valence-corrected chi connectivity index (χ1v) is 7.49. The van der Waals surface area contributed by atoms with Gasteiger partial charge in [-0.2, -0.15) is 0 Å². The Morgan fingerprint density at radius 2 is 2.05 bits per heavy atom. The third kappa shape index (κ3) is 3.13. The predicted molar refractivity (Wildman–Crippen MR) is 77.7 cm³/mol. The van der Waals surface area contributed by atoms with Gasteiger partial charge in [0.1, 0.15) is 13.2 Å². The molecular formula is C16H21NO4. The Balaban J connectivity index is 1.71. The van der Waals surface area contributed by atoms with Gasteiger partial charge in [0.25, 0.3) is 0 Å². The van der Waals surface area contributed by atoms with Crippen molar-refractivity contribution in [3.8, 4) is 11.5 Å². The minimum absolute atomic E-state index is 0.251. The zero-order valence-corrected chi connectivity index (χ0v) is 12.2. The van der Waals surface area contributed by atoms with E-state index in [1.807, 2.05) is 18.2 Å². The standard InChI is InChI=1S/C16H21NO4/c1-11-2-4-13(16(18)19)10-17(11)9-12-3-5-14-15(8-12)21-7-6-20-14/h3,5,8,11,13H,2,4,6-7,9-10H2,1H3,(H,18,19). The van der Waals surface area contributed by atoms with Crippen molar-refractivity contribution in [2.45, 2.75) is 32.4 Å². The van der Waals surface area contributed by atoms with E-state index < -0.39 is 5.97 Å². The van der Waals surface area contributed by atoms with Gasteiger partial charge in [-0.25, -0.2) is 0 Å². The van der Waals surface area contributed by atoms with Gasteiger partial charge in [-0.15, -0.1) is 0 Å². The van der Waals surface area contributed by atoms with Crippen molar-refractivity contribution in [3.63, 3.8) is 0 Å². The number of piperidine rings is 1. The lowest BCUT2D eigenvalue weighted by Crippen LogP contribution is -2.43. The van der Waals surface area contributed by atoms with Gasteiger partial charge in [-0.1, -0.05) is 6.07 Å². The van der Waals surface area contributed by atoms with Gasteiger partial charge in [0.2, 0.25) is 0 Å². The zero-order chi connectivity index (χ0) is 14.8. The molecule has 5 heteroatoms. The lowest BCUT2D eigenvalue weighted by Gasteiger charge is -2.36. The van der Waals surface area contributed by atoms with E-state index in [4.69, 9.17) is 9.47 Å². The van der Waals surface area contributed by atoms with Gasteiger partial charge in [0.15, 0.2) is 11.5 Å². The van der Waals surface area contributed by atoms with E-state index in [1.54, 1.807) is 0 Å². The minimum Gasteiger partial charge on any atom is -0.486 e. The number of fused-ring (bicyclic) bond motifs is 1. The van der Waals surface area contributed by atoms with E-state index in [1.165, 1.54) is 0 Å². The Morgan fingerprint density at radius 3 is 2.81 bits per heavy atom. The maximum atomic E-state index is 11.2. The number of hydrogen-bond donors (Lipinski definition) is 1. The van der Waals surface area contributed by atoms with Crippen LogP contribution in [0.25, 0.3) is 0 Å². The summed E-state index contributed by atoms with van der Waals surface area (Å²) in [6.07, 6.45) is 1.70. The first kappa shape index (κ1) is 14.2. The lowest BCUT2D eigenvalue weighted by molar-refractivity contribution is -0.144. The summed E-state index contributed by atoms with van der Waals surface area (Å²) < 4.78 is 11.1. The van der Waals surface area contributed by atoms with Crippen molar-refractivity contribution in [2.75, 3.05) is 19.8 Å². The second-order valence-electron chi connectivity index (χ2n) is 5.87. The molecule has 0 radical (unpaired) electrons. The average molecular weight is 291 g/mol. The molecule has 21 heavy (non-hydrogen) atoms. The molecule has 114 valence electrons. The molecule has 3 rings (SSSR count). The quantitative estimate of drug-likeness (QED) is 0.924. The van der Waals surface area contributed by atoms with Crippen molar-refractivity contribution in [3.05, 3.63) is 23.8 Å². The van der Waals surface area contributed by atoms with Gasteiger partial charge in [-0.3, -0.25) is 9.69 Å². The maximum absolute atomic E-state index is 11.2. The van der Waals surface area contributed by atoms with Gasteiger partial charge in [0, 0.05) is 19.1 Å². The van der Waals surface area contributed by atoms with Crippen LogP contribution in [0.1, 0.15) is 25.3 Å². The molecule has 5 nitrogen and oxygen atoms in total. The Labute approximate surface area is 124 Å². The number of rotatable bonds is 3. The van der Waals surface area contributed by atoms with Crippen LogP contribution >= 0.6 is 0 Å². The van der Waals surface area contributed by atoms with Gasteiger partial charge in [-0.05, 0) is 37.5 Å². The minimum atomic E-state index is -0.686. The second kappa shape index (κ2) is 5.93. The van der Waals surface area contributed by atoms with Crippen molar-refractivity contribution < 1.29 is 19.4 Å². The fourth-order valence-electron chi connectivity index (χ4n) is 3.02. The zero-order valence-electron chi connectivity index (χ0n) is 12.2. The second-order valence-corrected chi connectivity index (χ2v) is 5.87. The summed E-state index contributed by atoms with van der Waals surface area (Å²) in [5.41, 5.74) is 1.14. The SMILES string of the molecule is CC1CCC(C(=O)O)CN1Cc1ccc2c(c1)OCCO2. The molecule has 2 unspecified atom stereocenters. The summed E-state index contributed by atoms with van der Waals surface area (Å²) in [5.74, 6) is 0.644. The number of hydrogen-bond acceptors (Lipinski definition) is 4. The average Bonchev–Trinajstić information content (AvgIpc) is 2.49. The summed E-state index contributed by atoms with van der Waals surface area (Å²) in [5, 5.41) is 9.20. The Hall–Kier alpha value is -1.75. The Bertz CT molecular complexity index is 531. The molecule has 1 aromatic carbocycles. The number of benzene rings is 1. The van der Waals surface area contributed by atoms with Gasteiger partial charge in [0.05, 0.1) is 5.92 Å². The van der Waals surface area contributed by atoms with Crippen molar-refractivity contribution >= 4 is 5.97 Å². The Kier molecular flexibility index (Phi) is 4.01. The molecule has 0 aliphatic carbocycles. The topological polar surface area (TPSA) is 59.0 Å². The van der Waals surface area contributed by atoms with Crippen LogP contribution in [0.5, 0.6) is 11.5 Å². The van der Waals surface area contributed by atoms with E-state index in [0.29, 0.717) is 25.8 Å². The molecule has 1 aromatic rings. The molecule has 1 fully saturated rings. The molecule has 2 heterocycles. The highest BCUT2D eigenvalue weighted by Crippen LogP contribution is 2.32. The summed E-state index contributed by atoms with van der Waals surface area (Å²) in [4.78, 5) is 13.4. The van der Waals surface area contributed by atoms with Crippen LogP contribution < -0.4 is 9.47 Å². The van der Waals surface area contributed by atoms with E-state index in [2.05, 4.69) is 11.8 Å². The van der Waals surface area contributed by atoms with Gasteiger partial charge >= 0.3 is 5.97 Å². The van der Waals surface area contributed by atoms with E-state index in [9.17, 15) is 9.90 Å². The summed E-state index contributed by atoms with van der Waals surface area (Å²) in [6.45, 7) is 4.70. The predicted octanol–water partition coefficient (Wildman–Crippen LogP) is 2.14. The third-order valence-corrected chi connectivity index (χ3v) is 4.35. The number of nitrogens with zero attached hydrogens (tertiary/aromatic N) is 1. The monoisotopic (exact) mass is 291 g/mol. The van der Waals surface area contributed by atoms with Crippen molar-refractivity contribution in [2.24, 2.45) is 5.92 Å². The highest BCUT2D eigenvalue weighted by atomic mass is 16.6. The van der Waals surface area contributed by atoms with Crippen LogP contribution in [0.15, 0.2) is 18.2 Å². The van der Waals surface area contributed by atoms with Crippen molar-refractivity contribution in [1.29, 1.82) is 0 Å². The third-order valence-electron chi connectivity index (χ3n) is 4.35. The van der Waals surface area contributed by atoms with Crippen LogP contribution in [-0.4, -0.2) is 41.8 Å². The highest BCUT2D eigenvalue weighted by Gasteiger charge is 2.29. The molecule has 2 aliphatic rings. The fraction of sp³-hybridized carbons (Fsp3) is 0.562. The van der Waals surface area contributed by atoms with E-state index in [0.717, 1.165) is 36.4 Å². The van der Waals surface area contributed by atoms with Crippen LogP contribution in [0, 0.1) is 5.92 Å². The van der Waals surface area contributed by atoms with Crippen LogP contribution in [0.3, 0.4) is 0 Å². The van der Waals surface area contributed by atoms with Crippen molar-refractivity contribution in [1.82, 2.24) is 4.90 Å². The molecule has 1 saturated heterocycles. The highest BCUT2D eigenvalue weighted by molar-refractivity contribution is 5.70. The normalized spacial score (nSPS) is 25.6. The van der Waals surface area contributed by atoms with E-state index in [-0.39, 0.29) is 5.92 Å². The fourth-order valence-corrected chi connectivity index (χ4v) is 3.02. The lowest BCUT2D eigenvalue weighted by atomic mass is 9.93. The number of carbonyl (C=O) groups is 1. The van der Waals surface area contributed by atoms with E-state index >= 15 is 0 Å². The molecule has 2 atom stereocenters. The number of aliphatic carboxylic acids is 1. The smallest absolute Gasteiger partial charge is 0.307 e. The molecule has 0 aromatic heterocycles. The molecular weight excluding hydrogens is 270 g/mol. The number of ether oxygens (including phenoxy) is 2. The van der Waals surface area contributed by atoms with Crippen LogP contribution in [-0.2, 0) is 11.3 Å². The first-order valence-electron chi connectivity index (χ1n) is 7.49. The number of carboxylic acid groups (broad SMARTS) is 1. The largest absolute Gasteiger partial charge is 0.486 e. The molecule has 0 spiro atoms. The van der Waals surface area contributed by atoms with Crippen LogP contribution in [0.2, 0.25) is 0 Å². The molecule has 0 amide bonds. The molecule has 0 bridgehead atoms. The molecule has 2 aliphatic heterocycles. The number of carboxylic acids is 1. The summed E-state index contributed by atoms with van der Waals surface area (Å²) in [6, 6.07) is 6.39. The van der Waals surface area contributed by atoms with Crippen LogP contribution in [0.4, 0.5) is 0 Å². The Morgan fingerprint density at radius 1 is 1.29 bits per heavy atom. The van der Waals surface area contributed by atoms with Gasteiger partial charge < -0.3 is 14.6 Å². The first-order chi connectivity index (χ1) is 10.1. The molecule has 0 saturated carbocycles.